The molecule has 0 radical (unpaired) electrons. The number of esters is 1. The van der Waals surface area contributed by atoms with E-state index in [1.807, 2.05) is 54.6 Å². The van der Waals surface area contributed by atoms with E-state index in [9.17, 15) is 9.59 Å². The molecule has 0 heterocycles. The normalized spacial score (nSPS) is 10.4. The Morgan fingerprint density at radius 3 is 2.21 bits per heavy atom. The predicted octanol–water partition coefficient (Wildman–Crippen LogP) is 4.94. The van der Waals surface area contributed by atoms with Crippen molar-refractivity contribution in [1.82, 2.24) is 0 Å². The van der Waals surface area contributed by atoms with Crippen LogP contribution in [0.3, 0.4) is 0 Å². The van der Waals surface area contributed by atoms with E-state index in [0.29, 0.717) is 17.0 Å². The Morgan fingerprint density at radius 2 is 1.52 bits per heavy atom. The molecule has 0 aromatic heterocycles. The van der Waals surface area contributed by atoms with Gasteiger partial charge in [0.2, 0.25) is 0 Å². The second-order valence-electron chi connectivity index (χ2n) is 6.73. The molecule has 3 aromatic rings. The Hall–Kier alpha value is -3.60. The van der Waals surface area contributed by atoms with Crippen molar-refractivity contribution in [3.8, 4) is 16.9 Å². The molecule has 3 rings (SSSR count). The van der Waals surface area contributed by atoms with Gasteiger partial charge in [0.1, 0.15) is 5.75 Å². The summed E-state index contributed by atoms with van der Waals surface area (Å²) in [4.78, 5) is 24.1. The number of hydrogen-bond donors (Lipinski definition) is 1. The van der Waals surface area contributed by atoms with Gasteiger partial charge in [-0.05, 0) is 49.7 Å². The van der Waals surface area contributed by atoms with Gasteiger partial charge in [0.25, 0.3) is 5.91 Å². The number of ether oxygens (including phenoxy) is 2. The van der Waals surface area contributed by atoms with E-state index in [0.717, 1.165) is 11.1 Å². The summed E-state index contributed by atoms with van der Waals surface area (Å²) in [5, 5.41) is 2.76. The van der Waals surface area contributed by atoms with Crippen LogP contribution in [0.5, 0.6) is 5.75 Å². The molecule has 148 valence electrons. The highest BCUT2D eigenvalue weighted by atomic mass is 16.5. The van der Waals surface area contributed by atoms with E-state index in [2.05, 4.69) is 5.32 Å². The minimum absolute atomic E-state index is 0.124. The molecular weight excluding hydrogens is 366 g/mol. The van der Waals surface area contributed by atoms with E-state index in [-0.39, 0.29) is 18.6 Å². The number of anilines is 1. The first kappa shape index (κ1) is 20.1. The summed E-state index contributed by atoms with van der Waals surface area (Å²) >= 11 is 0. The van der Waals surface area contributed by atoms with Gasteiger partial charge in [-0.25, -0.2) is 4.79 Å². The van der Waals surface area contributed by atoms with E-state index in [4.69, 9.17) is 9.47 Å². The maximum atomic E-state index is 12.3. The number of para-hydroxylation sites is 1. The first-order valence-corrected chi connectivity index (χ1v) is 9.41. The summed E-state index contributed by atoms with van der Waals surface area (Å²) in [6, 6.07) is 24.0. The van der Waals surface area contributed by atoms with Crippen molar-refractivity contribution in [2.45, 2.75) is 20.0 Å². The standard InChI is InChI=1S/C24H23NO4/c1-17(2)29-24(27)19-12-14-20(15-13-19)25-23(26)16-28-22-11-7-6-10-21(22)18-8-4-3-5-9-18/h3-15,17H,16H2,1-2H3,(H,25,26). The summed E-state index contributed by atoms with van der Waals surface area (Å²) in [5.41, 5.74) is 2.96. The average molecular weight is 389 g/mol. The van der Waals surface area contributed by atoms with Crippen LogP contribution in [0.25, 0.3) is 11.1 Å². The molecule has 1 amide bonds. The largest absolute Gasteiger partial charge is 0.483 e. The maximum absolute atomic E-state index is 12.3. The average Bonchev–Trinajstić information content (AvgIpc) is 2.73. The second kappa shape index (κ2) is 9.55. The first-order valence-electron chi connectivity index (χ1n) is 9.41. The summed E-state index contributed by atoms with van der Waals surface area (Å²) in [5.74, 6) is -0.0373. The number of benzene rings is 3. The van der Waals surface area contributed by atoms with Crippen LogP contribution >= 0.6 is 0 Å². The van der Waals surface area contributed by atoms with Crippen molar-refractivity contribution in [2.75, 3.05) is 11.9 Å². The van der Waals surface area contributed by atoms with E-state index < -0.39 is 5.97 Å². The highest BCUT2D eigenvalue weighted by molar-refractivity contribution is 5.93. The third kappa shape index (κ3) is 5.69. The molecular formula is C24H23NO4. The zero-order chi connectivity index (χ0) is 20.6. The quantitative estimate of drug-likeness (QED) is 0.582. The molecule has 0 saturated heterocycles. The lowest BCUT2D eigenvalue weighted by atomic mass is 10.1. The van der Waals surface area contributed by atoms with Gasteiger partial charge in [-0.1, -0.05) is 48.5 Å². The van der Waals surface area contributed by atoms with Crippen molar-refractivity contribution in [3.05, 3.63) is 84.4 Å². The van der Waals surface area contributed by atoms with Gasteiger partial charge >= 0.3 is 5.97 Å². The minimum Gasteiger partial charge on any atom is -0.483 e. The minimum atomic E-state index is -0.390. The van der Waals surface area contributed by atoms with Gasteiger partial charge in [0.05, 0.1) is 11.7 Å². The predicted molar refractivity (Wildman–Crippen MR) is 113 cm³/mol. The fraction of sp³-hybridized carbons (Fsp3) is 0.167. The van der Waals surface area contributed by atoms with Crippen LogP contribution in [-0.4, -0.2) is 24.6 Å². The zero-order valence-electron chi connectivity index (χ0n) is 16.4. The Kier molecular flexibility index (Phi) is 6.63. The molecule has 0 saturated carbocycles. The summed E-state index contributed by atoms with van der Waals surface area (Å²) in [6.45, 7) is 3.46. The van der Waals surface area contributed by atoms with Crippen LogP contribution in [0, 0.1) is 0 Å². The molecule has 0 spiro atoms. The molecule has 0 unspecified atom stereocenters. The Bertz CT molecular complexity index is 966. The zero-order valence-corrected chi connectivity index (χ0v) is 16.4. The van der Waals surface area contributed by atoms with E-state index >= 15 is 0 Å². The highest BCUT2D eigenvalue weighted by Gasteiger charge is 2.11. The molecule has 0 aliphatic rings. The number of amides is 1. The van der Waals surface area contributed by atoms with Crippen LogP contribution in [0.1, 0.15) is 24.2 Å². The molecule has 0 fully saturated rings. The number of carbonyl (C=O) groups is 2. The van der Waals surface area contributed by atoms with Crippen molar-refractivity contribution in [2.24, 2.45) is 0 Å². The van der Waals surface area contributed by atoms with Gasteiger partial charge in [0.15, 0.2) is 6.61 Å². The molecule has 3 aromatic carbocycles. The fourth-order valence-electron chi connectivity index (χ4n) is 2.76. The van der Waals surface area contributed by atoms with Crippen LogP contribution in [-0.2, 0) is 9.53 Å². The molecule has 5 heteroatoms. The molecule has 29 heavy (non-hydrogen) atoms. The van der Waals surface area contributed by atoms with Crippen LogP contribution in [0.4, 0.5) is 5.69 Å². The third-order valence-electron chi connectivity index (χ3n) is 4.08. The Morgan fingerprint density at radius 1 is 0.862 bits per heavy atom. The SMILES string of the molecule is CC(C)OC(=O)c1ccc(NC(=O)COc2ccccc2-c2ccccc2)cc1. The number of hydrogen-bond acceptors (Lipinski definition) is 4. The van der Waals surface area contributed by atoms with Crippen molar-refractivity contribution < 1.29 is 19.1 Å². The summed E-state index contributed by atoms with van der Waals surface area (Å²) < 4.78 is 10.9. The van der Waals surface area contributed by atoms with Crippen molar-refractivity contribution >= 4 is 17.6 Å². The van der Waals surface area contributed by atoms with Gasteiger partial charge < -0.3 is 14.8 Å². The van der Waals surface area contributed by atoms with Crippen molar-refractivity contribution in [1.29, 1.82) is 0 Å². The van der Waals surface area contributed by atoms with Gasteiger partial charge in [-0.15, -0.1) is 0 Å². The lowest BCUT2D eigenvalue weighted by Gasteiger charge is -2.12. The molecule has 5 nitrogen and oxygen atoms in total. The summed E-state index contributed by atoms with van der Waals surface area (Å²) in [6.07, 6.45) is -0.183. The van der Waals surface area contributed by atoms with Gasteiger partial charge in [0, 0.05) is 11.3 Å². The number of nitrogens with one attached hydrogen (secondary N) is 1. The molecule has 0 bridgehead atoms. The molecule has 0 atom stereocenters. The number of carbonyl (C=O) groups excluding carboxylic acids is 2. The second-order valence-corrected chi connectivity index (χ2v) is 6.73. The molecule has 0 aliphatic heterocycles. The van der Waals surface area contributed by atoms with Gasteiger partial charge in [-0.2, -0.15) is 0 Å². The van der Waals surface area contributed by atoms with E-state index in [1.165, 1.54) is 0 Å². The molecule has 1 N–H and O–H groups in total. The lowest BCUT2D eigenvalue weighted by molar-refractivity contribution is -0.118. The molecule has 0 aliphatic carbocycles. The first-order chi connectivity index (χ1) is 14.0. The fourth-order valence-corrected chi connectivity index (χ4v) is 2.76. The van der Waals surface area contributed by atoms with Crippen LogP contribution in [0.2, 0.25) is 0 Å². The highest BCUT2D eigenvalue weighted by Crippen LogP contribution is 2.29. The van der Waals surface area contributed by atoms with Crippen molar-refractivity contribution in [3.63, 3.8) is 0 Å². The topological polar surface area (TPSA) is 64.6 Å². The summed E-state index contributed by atoms with van der Waals surface area (Å²) in [7, 11) is 0. The Labute approximate surface area is 170 Å². The van der Waals surface area contributed by atoms with Crippen LogP contribution in [0.15, 0.2) is 78.9 Å². The smallest absolute Gasteiger partial charge is 0.338 e. The lowest BCUT2D eigenvalue weighted by Crippen LogP contribution is -2.20. The maximum Gasteiger partial charge on any atom is 0.338 e. The monoisotopic (exact) mass is 389 g/mol. The van der Waals surface area contributed by atoms with Gasteiger partial charge in [-0.3, -0.25) is 4.79 Å². The van der Waals surface area contributed by atoms with Crippen LogP contribution < -0.4 is 10.1 Å². The Balaban J connectivity index is 1.59. The number of rotatable bonds is 7. The van der Waals surface area contributed by atoms with E-state index in [1.54, 1.807) is 38.1 Å². The third-order valence-corrected chi connectivity index (χ3v) is 4.08.